The fraction of sp³-hybridized carbons (Fsp3) is 0.733. The van der Waals surface area contributed by atoms with Crippen molar-refractivity contribution < 1.29 is 16.8 Å². The molecule has 0 aromatic heterocycles. The highest BCUT2D eigenvalue weighted by Crippen LogP contribution is 2.10. The summed E-state index contributed by atoms with van der Waals surface area (Å²) in [6.45, 7) is -0.207. The standard InChI is InChI=1S/C15H22N6O4S2/c16-6-1-10-20(11-2-7-17)26(22,23)14-5-15-27(24,25)21(12-3-8-18)13-4-9-19/h1-5,10-15H2. The van der Waals surface area contributed by atoms with Crippen LogP contribution in [0.2, 0.25) is 0 Å². The van der Waals surface area contributed by atoms with Crippen molar-refractivity contribution in [3.8, 4) is 24.3 Å². The van der Waals surface area contributed by atoms with E-state index < -0.39 is 31.6 Å². The molecule has 148 valence electrons. The average Bonchev–Trinajstić information content (AvgIpc) is 2.61. The summed E-state index contributed by atoms with van der Waals surface area (Å²) in [7, 11) is -7.61. The number of hydrogen-bond donors (Lipinski definition) is 0. The Morgan fingerprint density at radius 1 is 0.556 bits per heavy atom. The molecule has 0 spiro atoms. The quantitative estimate of drug-likeness (QED) is 0.390. The zero-order valence-electron chi connectivity index (χ0n) is 14.9. The van der Waals surface area contributed by atoms with Crippen LogP contribution in [0.3, 0.4) is 0 Å². The van der Waals surface area contributed by atoms with Crippen LogP contribution in [0.25, 0.3) is 0 Å². The van der Waals surface area contributed by atoms with Gasteiger partial charge in [0.15, 0.2) is 0 Å². The zero-order chi connectivity index (χ0) is 20.8. The largest absolute Gasteiger partial charge is 0.214 e. The second-order valence-corrected chi connectivity index (χ2v) is 9.59. The molecule has 0 bridgehead atoms. The Morgan fingerprint density at radius 3 is 1.04 bits per heavy atom. The van der Waals surface area contributed by atoms with Crippen LogP contribution in [-0.4, -0.2) is 63.1 Å². The van der Waals surface area contributed by atoms with Crippen LogP contribution in [0, 0.1) is 45.3 Å². The van der Waals surface area contributed by atoms with Crippen molar-refractivity contribution in [2.75, 3.05) is 37.7 Å². The van der Waals surface area contributed by atoms with Crippen molar-refractivity contribution in [2.24, 2.45) is 0 Å². The lowest BCUT2D eigenvalue weighted by Gasteiger charge is -2.22. The van der Waals surface area contributed by atoms with Gasteiger partial charge in [-0.1, -0.05) is 0 Å². The summed E-state index contributed by atoms with van der Waals surface area (Å²) in [6, 6.07) is 7.35. The summed E-state index contributed by atoms with van der Waals surface area (Å²) in [6.07, 6.45) is -0.286. The molecule has 0 amide bonds. The van der Waals surface area contributed by atoms with Crippen molar-refractivity contribution in [1.29, 1.82) is 21.0 Å². The lowest BCUT2D eigenvalue weighted by atomic mass is 10.4. The first-order chi connectivity index (χ1) is 12.7. The van der Waals surface area contributed by atoms with E-state index in [4.69, 9.17) is 21.0 Å². The van der Waals surface area contributed by atoms with E-state index >= 15 is 0 Å². The molecular formula is C15H22N6O4S2. The van der Waals surface area contributed by atoms with Crippen LogP contribution in [0.1, 0.15) is 32.1 Å². The van der Waals surface area contributed by atoms with Crippen molar-refractivity contribution in [1.82, 2.24) is 8.61 Å². The summed E-state index contributed by atoms with van der Waals surface area (Å²) in [5, 5.41) is 34.5. The molecule has 0 saturated heterocycles. The Labute approximate surface area is 160 Å². The maximum atomic E-state index is 12.4. The summed E-state index contributed by atoms with van der Waals surface area (Å²) in [5.74, 6) is -0.874. The molecule has 12 heteroatoms. The van der Waals surface area contributed by atoms with E-state index in [1.807, 2.05) is 24.3 Å². The topological polar surface area (TPSA) is 170 Å². The smallest absolute Gasteiger partial charge is 0.212 e. The lowest BCUT2D eigenvalue weighted by Crippen LogP contribution is -2.37. The number of rotatable bonds is 14. The van der Waals surface area contributed by atoms with Crippen LogP contribution in [-0.2, 0) is 20.0 Å². The summed E-state index contributed by atoms with van der Waals surface area (Å²) < 4.78 is 51.5. The molecule has 0 fully saturated rings. The Balaban J connectivity index is 4.95. The minimum absolute atomic E-state index is 0.0287. The highest BCUT2D eigenvalue weighted by Gasteiger charge is 2.25. The first-order valence-electron chi connectivity index (χ1n) is 8.18. The number of hydrogen-bond acceptors (Lipinski definition) is 8. The van der Waals surface area contributed by atoms with Gasteiger partial charge in [-0.2, -0.15) is 29.7 Å². The van der Waals surface area contributed by atoms with Crippen LogP contribution < -0.4 is 0 Å². The first-order valence-corrected chi connectivity index (χ1v) is 11.4. The van der Waals surface area contributed by atoms with E-state index in [0.717, 1.165) is 8.61 Å². The molecule has 0 radical (unpaired) electrons. The summed E-state index contributed by atoms with van der Waals surface area (Å²) in [4.78, 5) is 0. The molecular weight excluding hydrogens is 392 g/mol. The number of nitriles is 4. The van der Waals surface area contributed by atoms with Crippen LogP contribution in [0.15, 0.2) is 0 Å². The predicted molar refractivity (Wildman–Crippen MR) is 96.3 cm³/mol. The van der Waals surface area contributed by atoms with Crippen LogP contribution in [0.5, 0.6) is 0 Å². The van der Waals surface area contributed by atoms with Gasteiger partial charge in [-0.05, 0) is 6.42 Å². The van der Waals surface area contributed by atoms with Crippen molar-refractivity contribution in [3.63, 3.8) is 0 Å². The summed E-state index contributed by atoms with van der Waals surface area (Å²) >= 11 is 0. The van der Waals surface area contributed by atoms with Crippen LogP contribution in [0.4, 0.5) is 0 Å². The molecule has 0 N–H and O–H groups in total. The molecule has 0 heterocycles. The van der Waals surface area contributed by atoms with Gasteiger partial charge in [0, 0.05) is 51.9 Å². The zero-order valence-corrected chi connectivity index (χ0v) is 16.5. The minimum Gasteiger partial charge on any atom is -0.212 e. The molecule has 0 saturated carbocycles. The van der Waals surface area contributed by atoms with Gasteiger partial charge < -0.3 is 0 Å². The third-order valence-corrected chi connectivity index (χ3v) is 7.40. The molecule has 0 aliphatic carbocycles. The van der Waals surface area contributed by atoms with Gasteiger partial charge >= 0.3 is 0 Å². The van der Waals surface area contributed by atoms with Crippen molar-refractivity contribution in [2.45, 2.75) is 32.1 Å². The molecule has 0 aromatic rings. The van der Waals surface area contributed by atoms with Crippen molar-refractivity contribution >= 4 is 20.0 Å². The Morgan fingerprint density at radius 2 is 0.815 bits per heavy atom. The highest BCUT2D eigenvalue weighted by molar-refractivity contribution is 7.90. The molecule has 27 heavy (non-hydrogen) atoms. The second-order valence-electron chi connectivity index (χ2n) is 5.42. The van der Waals surface area contributed by atoms with E-state index in [9.17, 15) is 16.8 Å². The van der Waals surface area contributed by atoms with Gasteiger partial charge in [-0.25, -0.2) is 16.8 Å². The van der Waals surface area contributed by atoms with Gasteiger partial charge in [-0.3, -0.25) is 0 Å². The maximum Gasteiger partial charge on any atom is 0.214 e. The molecule has 0 aliphatic heterocycles. The fourth-order valence-electron chi connectivity index (χ4n) is 2.16. The normalized spacial score (nSPS) is 11.5. The summed E-state index contributed by atoms with van der Waals surface area (Å²) in [5.41, 5.74) is 0. The molecule has 0 aromatic carbocycles. The number of nitrogens with zero attached hydrogens (tertiary/aromatic N) is 6. The average molecular weight is 415 g/mol. The Bertz CT molecular complexity index is 721. The van der Waals surface area contributed by atoms with E-state index in [2.05, 4.69) is 0 Å². The minimum atomic E-state index is -3.81. The monoisotopic (exact) mass is 414 g/mol. The molecule has 10 nitrogen and oxygen atoms in total. The van der Waals surface area contributed by atoms with Gasteiger partial charge in [0.25, 0.3) is 0 Å². The Kier molecular flexibility index (Phi) is 12.0. The van der Waals surface area contributed by atoms with Gasteiger partial charge in [-0.15, -0.1) is 0 Å². The SMILES string of the molecule is N#CCCN(CCC#N)S(=O)(=O)CCCS(=O)(=O)N(CCC#N)CCC#N. The first kappa shape index (κ1) is 24.8. The maximum absolute atomic E-state index is 12.4. The molecule has 0 rings (SSSR count). The van der Waals surface area contributed by atoms with Crippen LogP contribution >= 0.6 is 0 Å². The van der Waals surface area contributed by atoms with E-state index in [0.29, 0.717) is 0 Å². The predicted octanol–water partition coefficient (Wildman–Crippen LogP) is 0.295. The molecule has 0 atom stereocenters. The lowest BCUT2D eigenvalue weighted by molar-refractivity contribution is 0.420. The number of sulfonamides is 2. The third kappa shape index (κ3) is 9.89. The van der Waals surface area contributed by atoms with E-state index in [-0.39, 0.29) is 58.3 Å². The Hall–Kier alpha value is -2.22. The van der Waals surface area contributed by atoms with E-state index in [1.54, 1.807) is 0 Å². The van der Waals surface area contributed by atoms with Gasteiger partial charge in [0.1, 0.15) is 0 Å². The van der Waals surface area contributed by atoms with E-state index in [1.165, 1.54) is 0 Å². The second kappa shape index (κ2) is 13.0. The molecule has 0 unspecified atom stereocenters. The molecule has 0 aliphatic rings. The highest BCUT2D eigenvalue weighted by atomic mass is 32.2. The van der Waals surface area contributed by atoms with Gasteiger partial charge in [0.2, 0.25) is 20.0 Å². The van der Waals surface area contributed by atoms with Crippen molar-refractivity contribution in [3.05, 3.63) is 0 Å². The van der Waals surface area contributed by atoms with Gasteiger partial charge in [0.05, 0.1) is 35.8 Å². The fourth-order valence-corrected chi connectivity index (χ4v) is 5.36. The third-order valence-electron chi connectivity index (χ3n) is 3.48.